The van der Waals surface area contributed by atoms with Crippen LogP contribution in [0.1, 0.15) is 0 Å². The van der Waals surface area contributed by atoms with Crippen molar-refractivity contribution in [2.45, 2.75) is 6.10 Å². The maximum atomic E-state index is 5.65. The Bertz CT molecular complexity index is 770. The molecule has 0 N–H and O–H groups in total. The number of nitrogens with zero attached hydrogens (tertiary/aromatic N) is 3. The van der Waals surface area contributed by atoms with Gasteiger partial charge in [0.15, 0.2) is 0 Å². The van der Waals surface area contributed by atoms with Crippen molar-refractivity contribution in [3.63, 3.8) is 0 Å². The maximum Gasteiger partial charge on any atom is 0.213 e. The average Bonchev–Trinajstić information content (AvgIpc) is 2.51. The molecule has 3 aromatic heterocycles. The number of fused-ring (bicyclic) bond motifs is 1. The van der Waals surface area contributed by atoms with E-state index in [2.05, 4.69) is 15.0 Å². The lowest BCUT2D eigenvalue weighted by Gasteiger charge is -2.26. The minimum atomic E-state index is 0.134. The number of hydrogen-bond donors (Lipinski definition) is 0. The van der Waals surface area contributed by atoms with Crippen molar-refractivity contribution in [3.8, 4) is 17.1 Å². The molecule has 4 heterocycles. The Morgan fingerprint density at radius 1 is 1.05 bits per heavy atom. The summed E-state index contributed by atoms with van der Waals surface area (Å²) >= 11 is 0. The Kier molecular flexibility index (Phi) is 2.97. The molecule has 104 valence electrons. The van der Waals surface area contributed by atoms with E-state index in [0.717, 1.165) is 22.2 Å². The van der Waals surface area contributed by atoms with Crippen LogP contribution in [0.4, 0.5) is 0 Å². The van der Waals surface area contributed by atoms with Crippen LogP contribution in [0.2, 0.25) is 0 Å². The molecule has 5 heteroatoms. The van der Waals surface area contributed by atoms with Crippen LogP contribution in [0.25, 0.3) is 22.2 Å². The number of rotatable bonds is 3. The zero-order chi connectivity index (χ0) is 14.1. The molecule has 0 aromatic carbocycles. The lowest BCUT2D eigenvalue weighted by Crippen LogP contribution is -2.38. The van der Waals surface area contributed by atoms with Gasteiger partial charge in [0.25, 0.3) is 0 Å². The van der Waals surface area contributed by atoms with E-state index in [1.165, 1.54) is 0 Å². The smallest absolute Gasteiger partial charge is 0.213 e. The summed E-state index contributed by atoms with van der Waals surface area (Å²) in [5.41, 5.74) is 2.78. The topological polar surface area (TPSA) is 57.1 Å². The second-order valence-electron chi connectivity index (χ2n) is 4.93. The fraction of sp³-hybridized carbons (Fsp3) is 0.188. The fourth-order valence-electron chi connectivity index (χ4n) is 2.18. The van der Waals surface area contributed by atoms with E-state index in [1.807, 2.05) is 36.5 Å². The van der Waals surface area contributed by atoms with Crippen molar-refractivity contribution in [1.82, 2.24) is 15.0 Å². The summed E-state index contributed by atoms with van der Waals surface area (Å²) in [4.78, 5) is 13.0. The highest BCUT2D eigenvalue weighted by molar-refractivity contribution is 5.80. The van der Waals surface area contributed by atoms with Gasteiger partial charge in [-0.2, -0.15) is 0 Å². The minimum Gasteiger partial charge on any atom is -0.469 e. The minimum absolute atomic E-state index is 0.134. The molecule has 1 saturated heterocycles. The number of aromatic nitrogens is 3. The average molecular weight is 279 g/mol. The summed E-state index contributed by atoms with van der Waals surface area (Å²) in [5.74, 6) is 0.622. The van der Waals surface area contributed by atoms with Gasteiger partial charge in [-0.15, -0.1) is 0 Å². The van der Waals surface area contributed by atoms with Crippen LogP contribution in [0.5, 0.6) is 5.88 Å². The first-order chi connectivity index (χ1) is 10.4. The van der Waals surface area contributed by atoms with Crippen LogP contribution in [-0.4, -0.2) is 34.3 Å². The molecular weight excluding hydrogens is 266 g/mol. The molecular formula is C16H13N3O2. The van der Waals surface area contributed by atoms with E-state index >= 15 is 0 Å². The van der Waals surface area contributed by atoms with Gasteiger partial charge in [-0.3, -0.25) is 4.98 Å². The van der Waals surface area contributed by atoms with Gasteiger partial charge in [-0.1, -0.05) is 0 Å². The summed E-state index contributed by atoms with van der Waals surface area (Å²) in [5, 5.41) is 1.03. The van der Waals surface area contributed by atoms with Crippen molar-refractivity contribution >= 4 is 10.9 Å². The van der Waals surface area contributed by atoms with Crippen LogP contribution in [-0.2, 0) is 4.74 Å². The van der Waals surface area contributed by atoms with Crippen LogP contribution in [0.3, 0.4) is 0 Å². The van der Waals surface area contributed by atoms with E-state index in [0.29, 0.717) is 19.1 Å². The molecule has 0 atom stereocenters. The van der Waals surface area contributed by atoms with Crippen molar-refractivity contribution in [2.75, 3.05) is 13.2 Å². The first-order valence-electron chi connectivity index (χ1n) is 6.80. The highest BCUT2D eigenvalue weighted by Crippen LogP contribution is 2.22. The van der Waals surface area contributed by atoms with Gasteiger partial charge < -0.3 is 9.47 Å². The highest BCUT2D eigenvalue weighted by Gasteiger charge is 2.20. The predicted octanol–water partition coefficient (Wildman–Crippen LogP) is 2.47. The first-order valence-corrected chi connectivity index (χ1v) is 6.80. The molecule has 0 saturated carbocycles. The maximum absolute atomic E-state index is 5.65. The van der Waals surface area contributed by atoms with E-state index in [9.17, 15) is 0 Å². The molecule has 5 nitrogen and oxygen atoms in total. The van der Waals surface area contributed by atoms with Crippen molar-refractivity contribution in [3.05, 3.63) is 48.9 Å². The van der Waals surface area contributed by atoms with Gasteiger partial charge in [0.2, 0.25) is 5.88 Å². The normalized spacial score (nSPS) is 14.9. The quantitative estimate of drug-likeness (QED) is 0.737. The van der Waals surface area contributed by atoms with E-state index in [-0.39, 0.29) is 6.10 Å². The molecule has 4 rings (SSSR count). The molecule has 0 spiro atoms. The Morgan fingerprint density at radius 2 is 2.00 bits per heavy atom. The van der Waals surface area contributed by atoms with Crippen molar-refractivity contribution < 1.29 is 9.47 Å². The molecule has 0 aliphatic carbocycles. The second kappa shape index (κ2) is 5.10. The van der Waals surface area contributed by atoms with Gasteiger partial charge in [0, 0.05) is 35.6 Å². The van der Waals surface area contributed by atoms with Gasteiger partial charge in [-0.05, 0) is 24.3 Å². The first kappa shape index (κ1) is 12.2. The largest absolute Gasteiger partial charge is 0.469 e. The highest BCUT2D eigenvalue weighted by atomic mass is 16.6. The molecule has 0 unspecified atom stereocenters. The molecule has 0 bridgehead atoms. The van der Waals surface area contributed by atoms with Crippen LogP contribution >= 0.6 is 0 Å². The van der Waals surface area contributed by atoms with Gasteiger partial charge in [-0.25, -0.2) is 9.97 Å². The second-order valence-corrected chi connectivity index (χ2v) is 4.93. The molecule has 21 heavy (non-hydrogen) atoms. The Balaban J connectivity index is 1.61. The Labute approximate surface area is 121 Å². The summed E-state index contributed by atoms with van der Waals surface area (Å²) in [6.07, 6.45) is 5.47. The molecule has 0 radical (unpaired) electrons. The van der Waals surface area contributed by atoms with Crippen LogP contribution in [0.15, 0.2) is 48.9 Å². The van der Waals surface area contributed by atoms with Crippen molar-refractivity contribution in [2.24, 2.45) is 0 Å². The fourth-order valence-corrected chi connectivity index (χ4v) is 2.18. The molecule has 1 aliphatic heterocycles. The number of pyridine rings is 3. The molecule has 0 amide bonds. The lowest BCUT2D eigenvalue weighted by molar-refractivity contribution is -0.0813. The summed E-state index contributed by atoms with van der Waals surface area (Å²) in [6, 6.07) is 9.73. The molecule has 1 fully saturated rings. The summed E-state index contributed by atoms with van der Waals surface area (Å²) < 4.78 is 10.7. The third kappa shape index (κ3) is 2.43. The number of ether oxygens (including phenoxy) is 2. The standard InChI is InChI=1S/C16H13N3O2/c1-3-14(19-15-5-6-17-7-11(1)15)12-2-4-16(18-8-12)21-13-9-20-10-13/h1-8,13H,9-10H2. The zero-order valence-corrected chi connectivity index (χ0v) is 11.3. The van der Waals surface area contributed by atoms with Crippen LogP contribution in [0, 0.1) is 0 Å². The van der Waals surface area contributed by atoms with Gasteiger partial charge in [0.05, 0.1) is 24.4 Å². The lowest BCUT2D eigenvalue weighted by atomic mass is 10.1. The Hall–Kier alpha value is -2.53. The monoisotopic (exact) mass is 279 g/mol. The van der Waals surface area contributed by atoms with Crippen molar-refractivity contribution in [1.29, 1.82) is 0 Å². The number of hydrogen-bond acceptors (Lipinski definition) is 5. The van der Waals surface area contributed by atoms with Gasteiger partial charge in [0.1, 0.15) is 6.10 Å². The van der Waals surface area contributed by atoms with E-state index < -0.39 is 0 Å². The molecule has 3 aromatic rings. The Morgan fingerprint density at radius 3 is 2.76 bits per heavy atom. The third-order valence-electron chi connectivity index (χ3n) is 3.42. The molecule has 1 aliphatic rings. The predicted molar refractivity (Wildman–Crippen MR) is 78.0 cm³/mol. The third-order valence-corrected chi connectivity index (χ3v) is 3.42. The SMILES string of the molecule is c1cc2nc(-c3ccc(OC4COC4)nc3)ccc2cn1. The summed E-state index contributed by atoms with van der Waals surface area (Å²) in [7, 11) is 0. The zero-order valence-electron chi connectivity index (χ0n) is 11.3. The van der Waals surface area contributed by atoms with E-state index in [1.54, 1.807) is 12.4 Å². The van der Waals surface area contributed by atoms with Crippen LogP contribution < -0.4 is 4.74 Å². The van der Waals surface area contributed by atoms with Gasteiger partial charge >= 0.3 is 0 Å². The summed E-state index contributed by atoms with van der Waals surface area (Å²) in [6.45, 7) is 1.29. The van der Waals surface area contributed by atoms with E-state index in [4.69, 9.17) is 9.47 Å².